The molecule has 1 fully saturated rings. The van der Waals surface area contributed by atoms with Gasteiger partial charge in [-0.15, -0.1) is 3.82 Å². The van der Waals surface area contributed by atoms with Gasteiger partial charge in [-0.3, -0.25) is 0 Å². The molecule has 0 atom stereocenters. The number of thiocarbonyl (C=S) groups is 1. The molecule has 0 radical (unpaired) electrons. The van der Waals surface area contributed by atoms with Gasteiger partial charge in [-0.1, -0.05) is 12.2 Å². The van der Waals surface area contributed by atoms with Crippen molar-refractivity contribution in [3.63, 3.8) is 0 Å². The van der Waals surface area contributed by atoms with E-state index in [-0.39, 0.29) is 0 Å². The van der Waals surface area contributed by atoms with Crippen LogP contribution in [0.3, 0.4) is 0 Å². The fraction of sp³-hybridized carbons (Fsp3) is 0.500. The molecule has 2 nitrogen and oxygen atoms in total. The summed E-state index contributed by atoms with van der Waals surface area (Å²) >= 11 is 7.78. The first-order chi connectivity index (χ1) is 3.29. The second-order valence-electron chi connectivity index (χ2n) is 1.02. The van der Waals surface area contributed by atoms with Gasteiger partial charge in [0.2, 0.25) is 0 Å². The molecule has 0 bridgehead atoms. The van der Waals surface area contributed by atoms with Gasteiger partial charge >= 0.3 is 0 Å². The molecule has 0 saturated carbocycles. The van der Waals surface area contributed by atoms with Crippen molar-refractivity contribution in [2.75, 3.05) is 5.75 Å². The maximum absolute atomic E-state index is 5.30. The third-order valence-electron chi connectivity index (χ3n) is 0.501. The van der Waals surface area contributed by atoms with Gasteiger partial charge in [0.05, 0.1) is 9.95 Å². The molecular formula is C2H4N2S3. The first kappa shape index (κ1) is 5.84. The number of nitrogens with two attached hydrogens (primary N) is 1. The van der Waals surface area contributed by atoms with Crippen LogP contribution in [0.15, 0.2) is 0 Å². The molecule has 1 rings (SSSR count). The van der Waals surface area contributed by atoms with E-state index in [0.717, 1.165) is 9.95 Å². The van der Waals surface area contributed by atoms with E-state index >= 15 is 0 Å². The maximum atomic E-state index is 5.30. The molecule has 0 unspecified atom stereocenters. The van der Waals surface area contributed by atoms with Crippen molar-refractivity contribution < 1.29 is 0 Å². The van der Waals surface area contributed by atoms with Crippen molar-refractivity contribution in [1.82, 2.24) is 3.82 Å². The van der Waals surface area contributed by atoms with Gasteiger partial charge in [0, 0.05) is 0 Å². The fourth-order valence-corrected chi connectivity index (χ4v) is 2.25. The Labute approximate surface area is 56.0 Å². The molecule has 1 aliphatic rings. The Balaban J connectivity index is 2.40. The SMILES string of the molecule is NN1SCC(=S)S1. The first-order valence-corrected chi connectivity index (χ1v) is 3.80. The Hall–Kier alpha value is 0.710. The van der Waals surface area contributed by atoms with Crippen LogP contribution in [0.25, 0.3) is 0 Å². The summed E-state index contributed by atoms with van der Waals surface area (Å²) in [5.74, 6) is 6.18. The quantitative estimate of drug-likeness (QED) is 0.315. The topological polar surface area (TPSA) is 29.3 Å². The predicted molar refractivity (Wildman–Crippen MR) is 38.7 cm³/mol. The lowest BCUT2D eigenvalue weighted by atomic mass is 11.0. The zero-order valence-corrected chi connectivity index (χ0v) is 5.91. The van der Waals surface area contributed by atoms with Crippen molar-refractivity contribution in [3.05, 3.63) is 0 Å². The Kier molecular flexibility index (Phi) is 1.94. The molecule has 0 amide bonds. The van der Waals surface area contributed by atoms with Crippen molar-refractivity contribution in [2.45, 2.75) is 0 Å². The van der Waals surface area contributed by atoms with Crippen LogP contribution in [0, 0.1) is 0 Å². The highest BCUT2D eigenvalue weighted by Gasteiger charge is 2.13. The first-order valence-electron chi connectivity index (χ1n) is 1.67. The largest absolute Gasteiger partial charge is 0.248 e. The maximum Gasteiger partial charge on any atom is 0.0769 e. The van der Waals surface area contributed by atoms with E-state index in [1.165, 1.54) is 23.9 Å². The number of rotatable bonds is 0. The number of hydrazine groups is 1. The fourth-order valence-electron chi connectivity index (χ4n) is 0.269. The zero-order valence-electron chi connectivity index (χ0n) is 3.46. The molecule has 0 aromatic heterocycles. The highest BCUT2D eigenvalue weighted by atomic mass is 32.2. The van der Waals surface area contributed by atoms with E-state index in [0.29, 0.717) is 0 Å². The molecule has 1 saturated heterocycles. The van der Waals surface area contributed by atoms with E-state index in [1.807, 2.05) is 0 Å². The lowest BCUT2D eigenvalue weighted by Gasteiger charge is -1.96. The smallest absolute Gasteiger partial charge is 0.0769 e. The van der Waals surface area contributed by atoms with Crippen LogP contribution in [0.2, 0.25) is 0 Å². The minimum atomic E-state index is 0.885. The molecule has 1 aliphatic heterocycles. The lowest BCUT2D eigenvalue weighted by Crippen LogP contribution is -2.09. The van der Waals surface area contributed by atoms with E-state index in [9.17, 15) is 0 Å². The van der Waals surface area contributed by atoms with E-state index in [2.05, 4.69) is 0 Å². The van der Waals surface area contributed by atoms with Gasteiger partial charge in [-0.2, -0.15) is 0 Å². The Morgan fingerprint density at radius 3 is 2.71 bits per heavy atom. The van der Waals surface area contributed by atoms with Gasteiger partial charge in [0.1, 0.15) is 0 Å². The predicted octanol–water partition coefficient (Wildman–Crippen LogP) is 0.799. The minimum Gasteiger partial charge on any atom is -0.248 e. The molecule has 0 aliphatic carbocycles. The highest BCUT2D eigenvalue weighted by Crippen LogP contribution is 2.27. The van der Waals surface area contributed by atoms with Crippen LogP contribution in [-0.4, -0.2) is 13.8 Å². The summed E-state index contributed by atoms with van der Waals surface area (Å²) in [6.07, 6.45) is 0. The summed E-state index contributed by atoms with van der Waals surface area (Å²) in [5.41, 5.74) is 0. The summed E-state index contributed by atoms with van der Waals surface area (Å²) in [6, 6.07) is 0. The number of nitrogens with zero attached hydrogens (tertiary/aromatic N) is 1. The summed E-state index contributed by atoms with van der Waals surface area (Å²) < 4.78 is 2.54. The monoisotopic (exact) mass is 152 g/mol. The molecule has 40 valence electrons. The zero-order chi connectivity index (χ0) is 5.28. The van der Waals surface area contributed by atoms with E-state index in [4.69, 9.17) is 18.1 Å². The Bertz CT molecular complexity index is 92.9. The summed E-state index contributed by atoms with van der Waals surface area (Å²) in [6.45, 7) is 0. The molecule has 0 spiro atoms. The molecule has 5 heteroatoms. The van der Waals surface area contributed by atoms with E-state index in [1.54, 1.807) is 3.82 Å². The molecule has 2 N–H and O–H groups in total. The van der Waals surface area contributed by atoms with Crippen LogP contribution >= 0.6 is 36.1 Å². The summed E-state index contributed by atoms with van der Waals surface area (Å²) in [5, 5.41) is 0. The standard InChI is InChI=1S/C2H4N2S3/c3-4-6-1-2(5)7-4/h1,3H2. The third-order valence-corrected chi connectivity index (χ3v) is 2.97. The van der Waals surface area contributed by atoms with Crippen LogP contribution in [-0.2, 0) is 0 Å². The van der Waals surface area contributed by atoms with Gasteiger partial charge in [0.25, 0.3) is 0 Å². The van der Waals surface area contributed by atoms with Crippen LogP contribution in [0.5, 0.6) is 0 Å². The average Bonchev–Trinajstić information content (AvgIpc) is 1.87. The second-order valence-corrected chi connectivity index (χ2v) is 4.01. The van der Waals surface area contributed by atoms with Crippen LogP contribution in [0.1, 0.15) is 0 Å². The second kappa shape index (κ2) is 2.32. The normalized spacial score (nSPS) is 23.9. The molecule has 0 aromatic carbocycles. The molecule has 7 heavy (non-hydrogen) atoms. The van der Waals surface area contributed by atoms with Crippen molar-refractivity contribution in [2.24, 2.45) is 5.84 Å². The van der Waals surface area contributed by atoms with Gasteiger partial charge in [-0.25, -0.2) is 5.84 Å². The van der Waals surface area contributed by atoms with Crippen molar-refractivity contribution >= 4 is 40.3 Å². The minimum absolute atomic E-state index is 0.885. The van der Waals surface area contributed by atoms with Crippen LogP contribution in [0.4, 0.5) is 0 Å². The molecule has 1 heterocycles. The van der Waals surface area contributed by atoms with Gasteiger partial charge in [-0.05, 0) is 23.9 Å². The van der Waals surface area contributed by atoms with E-state index < -0.39 is 0 Å². The molecular weight excluding hydrogens is 148 g/mol. The lowest BCUT2D eigenvalue weighted by molar-refractivity contribution is 0.831. The van der Waals surface area contributed by atoms with Crippen molar-refractivity contribution in [1.29, 1.82) is 0 Å². The van der Waals surface area contributed by atoms with Gasteiger partial charge < -0.3 is 0 Å². The molecule has 0 aromatic rings. The van der Waals surface area contributed by atoms with Crippen molar-refractivity contribution in [3.8, 4) is 0 Å². The highest BCUT2D eigenvalue weighted by molar-refractivity contribution is 8.31. The Morgan fingerprint density at radius 2 is 2.57 bits per heavy atom. The average molecular weight is 152 g/mol. The Morgan fingerprint density at radius 1 is 1.86 bits per heavy atom. The third kappa shape index (κ3) is 1.58. The number of hydrogen-bond acceptors (Lipinski definition) is 5. The van der Waals surface area contributed by atoms with Gasteiger partial charge in [0.15, 0.2) is 0 Å². The summed E-state index contributed by atoms with van der Waals surface area (Å²) in [7, 11) is 0. The van der Waals surface area contributed by atoms with Crippen LogP contribution < -0.4 is 5.84 Å². The number of hydrogen-bond donors (Lipinski definition) is 1. The summed E-state index contributed by atoms with van der Waals surface area (Å²) in [4.78, 5) is 0.